The Bertz CT molecular complexity index is 1730. The van der Waals surface area contributed by atoms with Crippen LogP contribution in [0.2, 0.25) is 18.1 Å². The number of hydrogen-bond donors (Lipinski definition) is 0. The van der Waals surface area contributed by atoms with E-state index in [1.54, 1.807) is 6.26 Å². The van der Waals surface area contributed by atoms with Crippen LogP contribution >= 0.6 is 0 Å². The Hall–Kier alpha value is -3.48. The molecule has 6 rings (SSSR count). The van der Waals surface area contributed by atoms with E-state index in [2.05, 4.69) is 86.8 Å². The molecule has 0 aliphatic heterocycles. The first kappa shape index (κ1) is 20.1. The van der Waals surface area contributed by atoms with E-state index < -0.39 is 8.07 Å². The maximum Gasteiger partial charge on any atom is 0.177 e. The van der Waals surface area contributed by atoms with Crippen molar-refractivity contribution in [2.24, 2.45) is 0 Å². The van der Waals surface area contributed by atoms with Gasteiger partial charge in [0.1, 0.15) is 19.2 Å². The van der Waals surface area contributed by atoms with Gasteiger partial charge in [-0.15, -0.1) is 5.54 Å². The van der Waals surface area contributed by atoms with Crippen molar-refractivity contribution in [3.8, 4) is 11.5 Å². The highest BCUT2D eigenvalue weighted by Crippen LogP contribution is 2.36. The number of benzene rings is 4. The van der Waals surface area contributed by atoms with Crippen molar-refractivity contribution in [2.45, 2.75) is 38.9 Å². The van der Waals surface area contributed by atoms with Gasteiger partial charge in [0.05, 0.1) is 6.26 Å². The van der Waals surface area contributed by atoms with Gasteiger partial charge in [0.25, 0.3) is 0 Å². The van der Waals surface area contributed by atoms with E-state index >= 15 is 0 Å². The summed E-state index contributed by atoms with van der Waals surface area (Å²) in [5, 5.41) is 9.64. The van der Waals surface area contributed by atoms with Gasteiger partial charge in [0, 0.05) is 16.8 Å². The van der Waals surface area contributed by atoms with Gasteiger partial charge in [0.2, 0.25) is 0 Å². The Morgan fingerprint density at radius 2 is 1.27 bits per heavy atom. The minimum atomic E-state index is -1.50. The largest absolute Gasteiger partial charge is 0.464 e. The van der Waals surface area contributed by atoms with Crippen LogP contribution in [0.5, 0.6) is 0 Å². The van der Waals surface area contributed by atoms with Crippen molar-refractivity contribution < 1.29 is 8.83 Å². The first-order valence-corrected chi connectivity index (χ1v) is 14.5. The van der Waals surface area contributed by atoms with Gasteiger partial charge in [-0.25, -0.2) is 0 Å². The third-order valence-corrected chi connectivity index (χ3v) is 12.2. The minimum Gasteiger partial charge on any atom is -0.464 e. The molecule has 0 atom stereocenters. The molecule has 0 fully saturated rings. The van der Waals surface area contributed by atoms with E-state index in [0.717, 1.165) is 27.7 Å². The summed E-state index contributed by atoms with van der Waals surface area (Å²) in [5.41, 5.74) is 5.49. The molecule has 0 unspecified atom stereocenters. The average molecular weight is 447 g/mol. The summed E-state index contributed by atoms with van der Waals surface area (Å²) in [6, 6.07) is 25.4. The molecule has 0 aliphatic carbocycles. The molecule has 0 saturated carbocycles. The van der Waals surface area contributed by atoms with Crippen molar-refractivity contribution in [3.63, 3.8) is 0 Å². The number of hydrogen-bond acceptors (Lipinski definition) is 2. The van der Waals surface area contributed by atoms with Gasteiger partial charge >= 0.3 is 0 Å². The van der Waals surface area contributed by atoms with Gasteiger partial charge in [-0.05, 0) is 86.7 Å². The van der Waals surface area contributed by atoms with E-state index in [1.165, 1.54) is 50.4 Å². The first-order valence-electron chi connectivity index (χ1n) is 11.9. The molecule has 0 amide bonds. The third-order valence-electron chi connectivity index (χ3n) is 7.52. The summed E-state index contributed by atoms with van der Waals surface area (Å²) >= 11 is 0. The second-order valence-corrected chi connectivity index (χ2v) is 14.0. The summed E-state index contributed by atoms with van der Waals surface area (Å²) in [4.78, 5) is 0. The molecular formula is C30H26O2Si. The Labute approximate surface area is 194 Å². The summed E-state index contributed by atoms with van der Waals surface area (Å²) < 4.78 is 11.8. The van der Waals surface area contributed by atoms with Crippen molar-refractivity contribution in [2.75, 3.05) is 0 Å². The number of furan rings is 2. The van der Waals surface area contributed by atoms with Gasteiger partial charge in [-0.2, -0.15) is 0 Å². The predicted molar refractivity (Wildman–Crippen MR) is 143 cm³/mol. The van der Waals surface area contributed by atoms with Crippen LogP contribution in [0.25, 0.3) is 54.3 Å². The molecule has 2 nitrogen and oxygen atoms in total. The lowest BCUT2D eigenvalue weighted by molar-refractivity contribution is 0.602. The van der Waals surface area contributed by atoms with Crippen LogP contribution in [0, 0.1) is 11.5 Å². The highest BCUT2D eigenvalue weighted by molar-refractivity contribution is 6.87. The zero-order chi connectivity index (χ0) is 22.6. The molecule has 6 aromatic rings. The van der Waals surface area contributed by atoms with Crippen LogP contribution in [0.4, 0.5) is 0 Å². The lowest BCUT2D eigenvalue weighted by Gasteiger charge is -2.19. The van der Waals surface area contributed by atoms with E-state index in [0.29, 0.717) is 0 Å². The fraction of sp³-hybridized carbons (Fsp3) is 0.200. The topological polar surface area (TPSA) is 26.3 Å². The second-order valence-electron chi connectivity index (χ2n) is 9.07. The number of fused-ring (bicyclic) bond motifs is 7. The van der Waals surface area contributed by atoms with Gasteiger partial charge in [0.15, 0.2) is 5.76 Å². The molecule has 0 spiro atoms. The fourth-order valence-corrected chi connectivity index (χ4v) is 7.56. The zero-order valence-electron chi connectivity index (χ0n) is 19.3. The molecule has 0 aliphatic rings. The molecule has 0 saturated heterocycles. The van der Waals surface area contributed by atoms with Crippen molar-refractivity contribution in [1.29, 1.82) is 0 Å². The molecule has 162 valence electrons. The molecule has 0 bridgehead atoms. The van der Waals surface area contributed by atoms with Crippen LogP contribution in [0.15, 0.2) is 75.8 Å². The Balaban J connectivity index is 1.54. The number of rotatable bonds is 3. The highest BCUT2D eigenvalue weighted by atomic mass is 28.3. The lowest BCUT2D eigenvalue weighted by atomic mass is 9.96. The molecule has 2 heterocycles. The van der Waals surface area contributed by atoms with Gasteiger partial charge in [-0.3, -0.25) is 0 Å². The van der Waals surface area contributed by atoms with E-state index in [1.807, 2.05) is 6.07 Å². The summed E-state index contributed by atoms with van der Waals surface area (Å²) in [6.45, 7) is 6.85. The molecule has 3 heteroatoms. The van der Waals surface area contributed by atoms with E-state index in [-0.39, 0.29) is 0 Å². The van der Waals surface area contributed by atoms with Crippen LogP contribution in [-0.4, -0.2) is 8.07 Å². The smallest absolute Gasteiger partial charge is 0.177 e. The van der Waals surface area contributed by atoms with Crippen molar-refractivity contribution >= 4 is 62.3 Å². The summed E-state index contributed by atoms with van der Waals surface area (Å²) in [7, 11) is -1.50. The Morgan fingerprint density at radius 3 is 1.94 bits per heavy atom. The first-order chi connectivity index (χ1) is 16.1. The molecule has 2 aromatic heterocycles. The van der Waals surface area contributed by atoms with Gasteiger partial charge < -0.3 is 8.83 Å². The third kappa shape index (κ3) is 3.17. The SMILES string of the molecule is CC[Si](C#Cc1cc2cc3c(ccc4c5cc6ccoc6cc5ccc34)cc2o1)(CC)CC. The van der Waals surface area contributed by atoms with Crippen LogP contribution in [-0.2, 0) is 0 Å². The summed E-state index contributed by atoms with van der Waals surface area (Å²) in [6.07, 6.45) is 1.76. The van der Waals surface area contributed by atoms with Crippen LogP contribution in [0.1, 0.15) is 26.5 Å². The van der Waals surface area contributed by atoms with Crippen molar-refractivity contribution in [3.05, 3.63) is 72.7 Å². The van der Waals surface area contributed by atoms with Crippen molar-refractivity contribution in [1.82, 2.24) is 0 Å². The zero-order valence-corrected chi connectivity index (χ0v) is 20.3. The summed E-state index contributed by atoms with van der Waals surface area (Å²) in [5.74, 6) is 4.18. The predicted octanol–water partition coefficient (Wildman–Crippen LogP) is 9.04. The standard InChI is InChI=1S/C30H26O2Si/c1-4-33(5-2,6-3)14-12-24-15-23-17-28-21(19-30(23)32-24)8-10-25-26(28)9-7-20-18-29-22(11-13-31-29)16-27(20)25/h7-11,13,15-19H,4-6H2,1-3H3. The molecule has 4 aromatic carbocycles. The highest BCUT2D eigenvalue weighted by Gasteiger charge is 2.24. The minimum absolute atomic E-state index is 0.782. The van der Waals surface area contributed by atoms with E-state index in [4.69, 9.17) is 8.83 Å². The average Bonchev–Trinajstić information content (AvgIpc) is 3.47. The fourth-order valence-electron chi connectivity index (χ4n) is 5.14. The monoisotopic (exact) mass is 446 g/mol. The lowest BCUT2D eigenvalue weighted by Crippen LogP contribution is -2.29. The maximum absolute atomic E-state index is 6.16. The Kier molecular flexibility index (Phi) is 4.60. The van der Waals surface area contributed by atoms with E-state index in [9.17, 15) is 0 Å². The van der Waals surface area contributed by atoms with Crippen LogP contribution < -0.4 is 0 Å². The van der Waals surface area contributed by atoms with Crippen LogP contribution in [0.3, 0.4) is 0 Å². The maximum atomic E-state index is 6.16. The molecule has 0 N–H and O–H groups in total. The second kappa shape index (κ2) is 7.54. The Morgan fingerprint density at radius 1 is 0.636 bits per heavy atom. The normalized spacial score (nSPS) is 12.2. The molecular weight excluding hydrogens is 420 g/mol. The van der Waals surface area contributed by atoms with Gasteiger partial charge in [-0.1, -0.05) is 45.0 Å². The molecule has 0 radical (unpaired) electrons. The molecule has 33 heavy (non-hydrogen) atoms. The quantitative estimate of drug-likeness (QED) is 0.154.